The van der Waals surface area contributed by atoms with Crippen molar-refractivity contribution in [2.24, 2.45) is 0 Å². The summed E-state index contributed by atoms with van der Waals surface area (Å²) in [5.41, 5.74) is 8.71. The van der Waals surface area contributed by atoms with Crippen LogP contribution in [0.3, 0.4) is 0 Å². The van der Waals surface area contributed by atoms with E-state index in [9.17, 15) is 4.39 Å². The van der Waals surface area contributed by atoms with Crippen molar-refractivity contribution in [1.82, 2.24) is 4.98 Å². The number of hydrogen-bond acceptors (Lipinski definition) is 2. The van der Waals surface area contributed by atoms with Gasteiger partial charge in [0.05, 0.1) is 5.69 Å². The van der Waals surface area contributed by atoms with Gasteiger partial charge in [-0.15, -0.1) is 0 Å². The third-order valence-electron chi connectivity index (χ3n) is 3.29. The summed E-state index contributed by atoms with van der Waals surface area (Å²) in [6, 6.07) is 3.40. The van der Waals surface area contributed by atoms with Gasteiger partial charge in [-0.05, 0) is 22.6 Å². The monoisotopic (exact) mass is 400 g/mol. The molecule has 21 heavy (non-hydrogen) atoms. The lowest BCUT2D eigenvalue weighted by Crippen LogP contribution is -2.39. The number of anilines is 1. The molecule has 0 aliphatic rings. The maximum atomic E-state index is 14.4. The quantitative estimate of drug-likeness (QED) is 0.627. The van der Waals surface area contributed by atoms with Crippen molar-refractivity contribution in [2.75, 3.05) is 5.73 Å². The second kappa shape index (κ2) is 6.25. The number of rotatable bonds is 3. The van der Waals surface area contributed by atoms with Gasteiger partial charge in [-0.3, -0.25) is 4.98 Å². The summed E-state index contributed by atoms with van der Waals surface area (Å²) in [6.45, 7) is 8.11. The van der Waals surface area contributed by atoms with Crippen LogP contribution in [-0.4, -0.2) is 4.98 Å². The molecule has 0 bridgehead atoms. The molecule has 2 rings (SSSR count). The molecule has 0 aliphatic carbocycles. The highest BCUT2D eigenvalue weighted by Crippen LogP contribution is 2.23. The molecule has 112 valence electrons. The van der Waals surface area contributed by atoms with Gasteiger partial charge in [0.1, 0.15) is 5.69 Å². The van der Waals surface area contributed by atoms with Crippen LogP contribution in [0.5, 0.6) is 0 Å². The van der Waals surface area contributed by atoms with E-state index in [1.807, 2.05) is 30.7 Å². The first kappa shape index (κ1) is 16.1. The number of nitrogens with two attached hydrogens (primary N) is 1. The van der Waals surface area contributed by atoms with Crippen molar-refractivity contribution in [3.05, 3.63) is 45.3 Å². The fourth-order valence-electron chi connectivity index (χ4n) is 2.42. The minimum absolute atomic E-state index is 0.0449. The minimum atomic E-state index is -0.279. The average molecular weight is 400 g/mol. The molecule has 0 aromatic carbocycles. The molecular weight excluding hydrogens is 380 g/mol. The minimum Gasteiger partial charge on any atom is -0.394 e. The molecule has 2 N–H and O–H groups in total. The fourth-order valence-corrected chi connectivity index (χ4v) is 2.86. The maximum Gasteiger partial charge on any atom is 0.233 e. The van der Waals surface area contributed by atoms with Crippen molar-refractivity contribution >= 4 is 28.3 Å². The van der Waals surface area contributed by atoms with E-state index in [1.165, 1.54) is 6.07 Å². The first-order valence-corrected chi connectivity index (χ1v) is 8.05. The van der Waals surface area contributed by atoms with E-state index in [0.29, 0.717) is 11.4 Å². The second-order valence-electron chi connectivity index (χ2n) is 5.74. The van der Waals surface area contributed by atoms with Crippen LogP contribution in [0.2, 0.25) is 0 Å². The average Bonchev–Trinajstić information content (AvgIpc) is 2.36. The highest BCUT2D eigenvalue weighted by Gasteiger charge is 2.27. The van der Waals surface area contributed by atoms with Gasteiger partial charge in [0.2, 0.25) is 11.4 Å². The number of hydrogen-bond donors (Lipinski definition) is 1. The Bertz CT molecular complexity index is 669. The zero-order chi connectivity index (χ0) is 15.7. The summed E-state index contributed by atoms with van der Waals surface area (Å²) in [5, 5.41) is 0. The van der Waals surface area contributed by atoms with E-state index < -0.39 is 0 Å². The van der Waals surface area contributed by atoms with Gasteiger partial charge in [-0.2, -0.15) is 8.96 Å². The molecule has 0 radical (unpaired) electrons. The van der Waals surface area contributed by atoms with E-state index in [1.54, 1.807) is 6.20 Å². The Balaban J connectivity index is 2.80. The van der Waals surface area contributed by atoms with Gasteiger partial charge in [-0.25, -0.2) is 0 Å². The maximum absolute atomic E-state index is 14.4. The van der Waals surface area contributed by atoms with E-state index in [-0.39, 0.29) is 17.7 Å². The Hall–Kier alpha value is -1.24. The van der Waals surface area contributed by atoms with Crippen molar-refractivity contribution in [2.45, 2.75) is 39.5 Å². The Kier molecular flexibility index (Phi) is 4.81. The van der Waals surface area contributed by atoms with Crippen LogP contribution in [0.1, 0.15) is 50.9 Å². The lowest BCUT2D eigenvalue weighted by atomic mass is 10.0. The zero-order valence-electron chi connectivity index (χ0n) is 12.7. The smallest absolute Gasteiger partial charge is 0.233 e. The Morgan fingerprint density at radius 2 is 1.86 bits per heavy atom. The highest BCUT2D eigenvalue weighted by molar-refractivity contribution is 14.1. The van der Waals surface area contributed by atoms with Gasteiger partial charge in [0.15, 0.2) is 12.0 Å². The van der Waals surface area contributed by atoms with Gasteiger partial charge in [0.25, 0.3) is 0 Å². The van der Waals surface area contributed by atoms with Crippen molar-refractivity contribution in [1.29, 1.82) is 0 Å². The van der Waals surface area contributed by atoms with Crippen molar-refractivity contribution in [3.63, 3.8) is 0 Å². The molecule has 2 aromatic heterocycles. The van der Waals surface area contributed by atoms with Crippen LogP contribution in [0.4, 0.5) is 10.1 Å². The first-order chi connectivity index (χ1) is 9.81. The molecule has 3 nitrogen and oxygen atoms in total. The molecule has 2 aromatic rings. The molecule has 2 heterocycles. The summed E-state index contributed by atoms with van der Waals surface area (Å²) < 4.78 is 17.2. The number of aromatic nitrogens is 2. The number of pyridine rings is 2. The SMILES string of the molecule is CC(C)c1ncc(I)cc1-[n+]1cc(N)cc(F)c1C(C)C. The third-order valence-corrected chi connectivity index (χ3v) is 3.88. The van der Waals surface area contributed by atoms with Gasteiger partial charge in [-0.1, -0.05) is 27.7 Å². The summed E-state index contributed by atoms with van der Waals surface area (Å²) in [6.07, 6.45) is 3.61. The molecule has 0 amide bonds. The standard InChI is InChI=1S/C16H20FIN3/c1-9(2)15-14(5-11(18)7-20-15)21-8-12(19)6-13(17)16(21)10(3)4/h5-10H,19H2,1-4H3/q+1. The molecule has 0 spiro atoms. The molecule has 0 aliphatic heterocycles. The van der Waals surface area contributed by atoms with E-state index in [0.717, 1.165) is 15.0 Å². The predicted molar refractivity (Wildman–Crippen MR) is 91.0 cm³/mol. The number of nitrogen functional groups attached to an aromatic ring is 1. The molecular formula is C16H20FIN3+. The lowest BCUT2D eigenvalue weighted by molar-refractivity contribution is -0.607. The largest absolute Gasteiger partial charge is 0.394 e. The fraction of sp³-hybridized carbons (Fsp3) is 0.375. The second-order valence-corrected chi connectivity index (χ2v) is 6.99. The molecule has 0 fully saturated rings. The van der Waals surface area contributed by atoms with Crippen molar-refractivity contribution < 1.29 is 8.96 Å². The molecule has 0 saturated carbocycles. The zero-order valence-corrected chi connectivity index (χ0v) is 14.8. The van der Waals surface area contributed by atoms with Gasteiger partial charge in [0, 0.05) is 33.7 Å². The molecule has 0 atom stereocenters. The Morgan fingerprint density at radius 1 is 1.19 bits per heavy atom. The van der Waals surface area contributed by atoms with E-state index in [4.69, 9.17) is 5.73 Å². The van der Waals surface area contributed by atoms with Crippen LogP contribution in [0, 0.1) is 9.39 Å². The van der Waals surface area contributed by atoms with Crippen LogP contribution >= 0.6 is 22.6 Å². The van der Waals surface area contributed by atoms with Gasteiger partial charge < -0.3 is 5.73 Å². The summed E-state index contributed by atoms with van der Waals surface area (Å²) in [5.74, 6) is 0.0102. The molecule has 5 heteroatoms. The topological polar surface area (TPSA) is 42.8 Å². The van der Waals surface area contributed by atoms with E-state index in [2.05, 4.69) is 41.4 Å². The first-order valence-electron chi connectivity index (χ1n) is 6.97. The third kappa shape index (κ3) is 3.33. The lowest BCUT2D eigenvalue weighted by Gasteiger charge is -2.12. The molecule has 0 saturated heterocycles. The number of halogens is 2. The van der Waals surface area contributed by atoms with Crippen LogP contribution in [-0.2, 0) is 0 Å². The Labute approximate surface area is 138 Å². The van der Waals surface area contributed by atoms with Crippen molar-refractivity contribution in [3.8, 4) is 5.69 Å². The normalized spacial score (nSPS) is 11.4. The van der Waals surface area contributed by atoms with Gasteiger partial charge >= 0.3 is 0 Å². The van der Waals surface area contributed by atoms with Crippen LogP contribution in [0.15, 0.2) is 24.5 Å². The highest BCUT2D eigenvalue weighted by atomic mass is 127. The predicted octanol–water partition coefficient (Wildman–Crippen LogP) is 3.93. The van der Waals surface area contributed by atoms with Crippen LogP contribution in [0.25, 0.3) is 5.69 Å². The molecule has 0 unspecified atom stereocenters. The van der Waals surface area contributed by atoms with Crippen LogP contribution < -0.4 is 10.3 Å². The Morgan fingerprint density at radius 3 is 2.43 bits per heavy atom. The summed E-state index contributed by atoms with van der Waals surface area (Å²) in [7, 11) is 0. The summed E-state index contributed by atoms with van der Waals surface area (Å²) >= 11 is 2.22. The summed E-state index contributed by atoms with van der Waals surface area (Å²) in [4.78, 5) is 4.52. The number of nitrogens with zero attached hydrogens (tertiary/aromatic N) is 2. The van der Waals surface area contributed by atoms with E-state index >= 15 is 0 Å².